The maximum atomic E-state index is 12.5. The SMILES string of the molecule is CCc1ccc(N(C)C(=O)c2c(N)cccc2Cl)cc1. The van der Waals surface area contributed by atoms with Crippen LogP contribution < -0.4 is 10.6 Å². The number of benzene rings is 2. The van der Waals surface area contributed by atoms with E-state index in [1.165, 1.54) is 5.56 Å². The minimum absolute atomic E-state index is 0.211. The van der Waals surface area contributed by atoms with Gasteiger partial charge in [0.2, 0.25) is 0 Å². The Kier molecular flexibility index (Phi) is 4.30. The van der Waals surface area contributed by atoms with Crippen LogP contribution in [0.3, 0.4) is 0 Å². The summed E-state index contributed by atoms with van der Waals surface area (Å²) >= 11 is 6.08. The Hall–Kier alpha value is -2.00. The minimum atomic E-state index is -0.211. The van der Waals surface area contributed by atoms with Crippen molar-refractivity contribution < 1.29 is 4.79 Å². The smallest absolute Gasteiger partial charge is 0.261 e. The van der Waals surface area contributed by atoms with Gasteiger partial charge in [-0.15, -0.1) is 0 Å². The van der Waals surface area contributed by atoms with Gasteiger partial charge in [0, 0.05) is 18.4 Å². The highest BCUT2D eigenvalue weighted by Crippen LogP contribution is 2.25. The number of hydrogen-bond donors (Lipinski definition) is 1. The first-order valence-electron chi connectivity index (χ1n) is 6.45. The van der Waals surface area contributed by atoms with Crippen LogP contribution in [0, 0.1) is 0 Å². The van der Waals surface area contributed by atoms with Crippen LogP contribution >= 0.6 is 11.6 Å². The summed E-state index contributed by atoms with van der Waals surface area (Å²) in [7, 11) is 1.71. The third-order valence-corrected chi connectivity index (χ3v) is 3.61. The quantitative estimate of drug-likeness (QED) is 0.874. The number of halogens is 1. The van der Waals surface area contributed by atoms with Gasteiger partial charge in [0.25, 0.3) is 5.91 Å². The Bertz CT molecular complexity index is 603. The van der Waals surface area contributed by atoms with Gasteiger partial charge in [0.15, 0.2) is 0 Å². The number of anilines is 2. The highest BCUT2D eigenvalue weighted by atomic mass is 35.5. The van der Waals surface area contributed by atoms with Crippen molar-refractivity contribution in [3.63, 3.8) is 0 Å². The molecule has 1 amide bonds. The van der Waals surface area contributed by atoms with Crippen LogP contribution in [0.5, 0.6) is 0 Å². The molecule has 2 aromatic rings. The largest absolute Gasteiger partial charge is 0.398 e. The zero-order valence-corrected chi connectivity index (χ0v) is 12.3. The number of amides is 1. The second-order valence-corrected chi connectivity index (χ2v) is 5.00. The standard InChI is InChI=1S/C16H17ClN2O/c1-3-11-7-9-12(10-8-11)19(2)16(20)15-13(17)5-4-6-14(15)18/h4-10H,3,18H2,1-2H3. The van der Waals surface area contributed by atoms with E-state index < -0.39 is 0 Å². The van der Waals surface area contributed by atoms with Crippen molar-refractivity contribution in [1.29, 1.82) is 0 Å². The van der Waals surface area contributed by atoms with Gasteiger partial charge < -0.3 is 10.6 Å². The lowest BCUT2D eigenvalue weighted by atomic mass is 10.1. The fourth-order valence-corrected chi connectivity index (χ4v) is 2.27. The highest BCUT2D eigenvalue weighted by molar-refractivity contribution is 6.35. The topological polar surface area (TPSA) is 46.3 Å². The summed E-state index contributed by atoms with van der Waals surface area (Å²) in [6.07, 6.45) is 0.968. The molecule has 0 aromatic heterocycles. The van der Waals surface area contributed by atoms with E-state index in [9.17, 15) is 4.79 Å². The molecule has 0 unspecified atom stereocenters. The van der Waals surface area contributed by atoms with Gasteiger partial charge in [-0.2, -0.15) is 0 Å². The van der Waals surface area contributed by atoms with Gasteiger partial charge in [-0.3, -0.25) is 4.79 Å². The molecule has 0 heterocycles. The molecule has 0 radical (unpaired) electrons. The van der Waals surface area contributed by atoms with Crippen LogP contribution in [-0.4, -0.2) is 13.0 Å². The molecule has 20 heavy (non-hydrogen) atoms. The van der Waals surface area contributed by atoms with E-state index in [2.05, 4.69) is 6.92 Å². The van der Waals surface area contributed by atoms with Gasteiger partial charge in [0.05, 0.1) is 10.6 Å². The summed E-state index contributed by atoms with van der Waals surface area (Å²) in [5.41, 5.74) is 8.62. The van der Waals surface area contributed by atoms with Crippen LogP contribution in [0.2, 0.25) is 5.02 Å². The molecule has 0 aliphatic carbocycles. The lowest BCUT2D eigenvalue weighted by Gasteiger charge is -2.19. The Balaban J connectivity index is 2.32. The molecule has 0 fully saturated rings. The first-order valence-corrected chi connectivity index (χ1v) is 6.83. The zero-order chi connectivity index (χ0) is 14.7. The molecular weight excluding hydrogens is 272 g/mol. The summed E-state index contributed by atoms with van der Waals surface area (Å²) < 4.78 is 0. The molecule has 2 aromatic carbocycles. The molecule has 4 heteroatoms. The number of hydrogen-bond acceptors (Lipinski definition) is 2. The average molecular weight is 289 g/mol. The molecular formula is C16H17ClN2O. The summed E-state index contributed by atoms with van der Waals surface area (Å²) in [5, 5.41) is 0.368. The Morgan fingerprint density at radius 3 is 2.40 bits per heavy atom. The van der Waals surface area contributed by atoms with Crippen molar-refractivity contribution in [2.75, 3.05) is 17.7 Å². The van der Waals surface area contributed by atoms with E-state index in [4.69, 9.17) is 17.3 Å². The number of nitrogens with zero attached hydrogens (tertiary/aromatic N) is 1. The van der Waals surface area contributed by atoms with E-state index in [1.807, 2.05) is 24.3 Å². The molecule has 3 nitrogen and oxygen atoms in total. The number of carbonyl (C=O) groups excluding carboxylic acids is 1. The van der Waals surface area contributed by atoms with Gasteiger partial charge in [0.1, 0.15) is 0 Å². The summed E-state index contributed by atoms with van der Waals surface area (Å²) in [6, 6.07) is 12.9. The Morgan fingerprint density at radius 2 is 1.85 bits per heavy atom. The minimum Gasteiger partial charge on any atom is -0.398 e. The first-order chi connectivity index (χ1) is 9.54. The van der Waals surface area contributed by atoms with Crippen molar-refractivity contribution in [2.45, 2.75) is 13.3 Å². The molecule has 2 rings (SSSR count). The monoisotopic (exact) mass is 288 g/mol. The normalized spacial score (nSPS) is 10.3. The predicted octanol–water partition coefficient (Wildman–Crippen LogP) is 3.76. The molecule has 0 spiro atoms. The fraction of sp³-hybridized carbons (Fsp3) is 0.188. The number of nitrogens with two attached hydrogens (primary N) is 1. The van der Waals surface area contributed by atoms with Crippen molar-refractivity contribution >= 4 is 28.9 Å². The fourth-order valence-electron chi connectivity index (χ4n) is 2.01. The van der Waals surface area contributed by atoms with E-state index in [1.54, 1.807) is 30.1 Å². The van der Waals surface area contributed by atoms with Crippen molar-refractivity contribution in [2.24, 2.45) is 0 Å². The molecule has 2 N–H and O–H groups in total. The van der Waals surface area contributed by atoms with Crippen molar-refractivity contribution in [1.82, 2.24) is 0 Å². The molecule has 104 valence electrons. The highest BCUT2D eigenvalue weighted by Gasteiger charge is 2.19. The Morgan fingerprint density at radius 1 is 1.20 bits per heavy atom. The van der Waals surface area contributed by atoms with Crippen LogP contribution in [0.4, 0.5) is 11.4 Å². The molecule has 0 aliphatic rings. The number of aryl methyl sites for hydroxylation is 1. The third-order valence-electron chi connectivity index (χ3n) is 3.30. The molecule has 0 aliphatic heterocycles. The second kappa shape index (κ2) is 5.97. The molecule has 0 saturated heterocycles. The molecule has 0 saturated carbocycles. The van der Waals surface area contributed by atoms with Crippen LogP contribution in [0.1, 0.15) is 22.8 Å². The van der Waals surface area contributed by atoms with Crippen LogP contribution in [0.25, 0.3) is 0 Å². The van der Waals surface area contributed by atoms with E-state index >= 15 is 0 Å². The lowest BCUT2D eigenvalue weighted by molar-refractivity contribution is 0.0994. The zero-order valence-electron chi connectivity index (χ0n) is 11.6. The molecule has 0 atom stereocenters. The lowest BCUT2D eigenvalue weighted by Crippen LogP contribution is -2.27. The van der Waals surface area contributed by atoms with E-state index in [-0.39, 0.29) is 5.91 Å². The number of rotatable bonds is 3. The van der Waals surface area contributed by atoms with Gasteiger partial charge in [-0.25, -0.2) is 0 Å². The predicted molar refractivity (Wildman–Crippen MR) is 84.4 cm³/mol. The second-order valence-electron chi connectivity index (χ2n) is 4.59. The van der Waals surface area contributed by atoms with Crippen LogP contribution in [-0.2, 0) is 6.42 Å². The summed E-state index contributed by atoms with van der Waals surface area (Å²) in [6.45, 7) is 2.09. The van der Waals surface area contributed by atoms with Gasteiger partial charge in [-0.1, -0.05) is 36.7 Å². The van der Waals surface area contributed by atoms with Crippen LogP contribution in [0.15, 0.2) is 42.5 Å². The van der Waals surface area contributed by atoms with E-state index in [0.717, 1.165) is 12.1 Å². The Labute approximate surface area is 124 Å². The average Bonchev–Trinajstić information content (AvgIpc) is 2.46. The van der Waals surface area contributed by atoms with E-state index in [0.29, 0.717) is 16.3 Å². The first kappa shape index (κ1) is 14.4. The van der Waals surface area contributed by atoms with Crippen molar-refractivity contribution in [3.05, 3.63) is 58.6 Å². The summed E-state index contributed by atoms with van der Waals surface area (Å²) in [4.78, 5) is 14.1. The van der Waals surface area contributed by atoms with Gasteiger partial charge >= 0.3 is 0 Å². The number of nitrogen functional groups attached to an aromatic ring is 1. The van der Waals surface area contributed by atoms with Gasteiger partial charge in [-0.05, 0) is 36.2 Å². The number of carbonyl (C=O) groups is 1. The van der Waals surface area contributed by atoms with Crippen molar-refractivity contribution in [3.8, 4) is 0 Å². The third kappa shape index (κ3) is 2.78. The summed E-state index contributed by atoms with van der Waals surface area (Å²) in [5.74, 6) is -0.211. The maximum absolute atomic E-state index is 12.5. The molecule has 0 bridgehead atoms. The maximum Gasteiger partial charge on any atom is 0.261 e.